The van der Waals surface area contributed by atoms with Gasteiger partial charge in [0.25, 0.3) is 0 Å². The van der Waals surface area contributed by atoms with Gasteiger partial charge in [0.15, 0.2) is 0 Å². The first-order valence-corrected chi connectivity index (χ1v) is 29.0. The molecule has 0 saturated heterocycles. The summed E-state index contributed by atoms with van der Waals surface area (Å²) in [7, 11) is 0. The van der Waals surface area contributed by atoms with Crippen LogP contribution in [0.3, 0.4) is 0 Å². The highest BCUT2D eigenvalue weighted by atomic mass is 15.2. The van der Waals surface area contributed by atoms with Gasteiger partial charge >= 0.3 is 0 Å². The summed E-state index contributed by atoms with van der Waals surface area (Å²) in [6.45, 7) is 14.3. The molecule has 16 rings (SSSR count). The Morgan fingerprint density at radius 2 is 0.610 bits per heavy atom. The van der Waals surface area contributed by atoms with Crippen LogP contribution in [0.25, 0.3) is 98.4 Å². The average Bonchev–Trinajstić information content (AvgIpc) is 1.67. The highest BCUT2D eigenvalue weighted by Crippen LogP contribution is 2.61. The van der Waals surface area contributed by atoms with Gasteiger partial charge in [-0.3, -0.25) is 0 Å². The Morgan fingerprint density at radius 1 is 0.256 bits per heavy atom. The second-order valence-electron chi connectivity index (χ2n) is 24.0. The largest absolute Gasteiger partial charge is 0.308 e. The average molecular weight is 1050 g/mol. The highest BCUT2D eigenvalue weighted by molar-refractivity contribution is 6.29. The number of rotatable bonds is 8. The summed E-state index contributed by atoms with van der Waals surface area (Å²) >= 11 is 0. The third kappa shape index (κ3) is 6.82. The highest BCUT2D eigenvalue weighted by Gasteiger charge is 2.43. The Morgan fingerprint density at radius 3 is 1.05 bits per heavy atom. The molecule has 0 amide bonds. The van der Waals surface area contributed by atoms with Crippen LogP contribution >= 0.6 is 0 Å². The zero-order chi connectivity index (χ0) is 55.2. The molecule has 0 atom stereocenters. The molecular formula is C80H60N2. The van der Waals surface area contributed by atoms with Crippen molar-refractivity contribution >= 4 is 88.0 Å². The van der Waals surface area contributed by atoms with E-state index in [9.17, 15) is 0 Å². The summed E-state index contributed by atoms with van der Waals surface area (Å²) in [6.07, 6.45) is 0. The van der Waals surface area contributed by atoms with E-state index in [1.54, 1.807) is 0 Å². The smallest absolute Gasteiger partial charge is 0.0587 e. The second-order valence-corrected chi connectivity index (χ2v) is 24.0. The number of hydrogen-bond donors (Lipinski definition) is 0. The molecule has 0 N–H and O–H groups in total. The zero-order valence-corrected chi connectivity index (χ0v) is 47.1. The van der Waals surface area contributed by atoms with Crippen molar-refractivity contribution in [2.45, 2.75) is 52.4 Å². The van der Waals surface area contributed by atoms with E-state index in [-0.39, 0.29) is 10.8 Å². The molecule has 0 fully saturated rings. The van der Waals surface area contributed by atoms with Crippen molar-refractivity contribution in [2.75, 3.05) is 9.80 Å². The molecule has 14 aromatic rings. The van der Waals surface area contributed by atoms with Gasteiger partial charge in [0, 0.05) is 43.5 Å². The molecule has 0 unspecified atom stereocenters. The number of anilines is 6. The van der Waals surface area contributed by atoms with Crippen LogP contribution in [0.5, 0.6) is 0 Å². The van der Waals surface area contributed by atoms with Crippen LogP contribution in [-0.4, -0.2) is 0 Å². The van der Waals surface area contributed by atoms with E-state index in [4.69, 9.17) is 0 Å². The fourth-order valence-corrected chi connectivity index (χ4v) is 15.0. The van der Waals surface area contributed by atoms with Gasteiger partial charge in [-0.05, 0) is 125 Å². The van der Waals surface area contributed by atoms with E-state index in [0.29, 0.717) is 0 Å². The van der Waals surface area contributed by atoms with Crippen LogP contribution < -0.4 is 9.80 Å². The molecular weight excluding hydrogens is 989 g/mol. The molecule has 390 valence electrons. The van der Waals surface area contributed by atoms with Gasteiger partial charge in [0.2, 0.25) is 0 Å². The van der Waals surface area contributed by atoms with E-state index in [0.717, 1.165) is 11.4 Å². The summed E-state index contributed by atoms with van der Waals surface area (Å²) in [5.74, 6) is 0. The normalized spacial score (nSPS) is 13.7. The Labute approximate surface area is 480 Å². The summed E-state index contributed by atoms with van der Waals surface area (Å²) in [6, 6.07) is 96.3. The van der Waals surface area contributed by atoms with Gasteiger partial charge in [-0.15, -0.1) is 0 Å². The third-order valence-electron chi connectivity index (χ3n) is 18.8. The fourth-order valence-electron chi connectivity index (χ4n) is 15.0. The van der Waals surface area contributed by atoms with Crippen LogP contribution in [0.2, 0.25) is 0 Å². The first kappa shape index (κ1) is 48.2. The third-order valence-corrected chi connectivity index (χ3v) is 18.8. The predicted octanol–water partition coefficient (Wildman–Crippen LogP) is 22.4. The van der Waals surface area contributed by atoms with Crippen molar-refractivity contribution in [1.29, 1.82) is 0 Å². The molecule has 2 aliphatic carbocycles. The lowest BCUT2D eigenvalue weighted by Crippen LogP contribution is -2.22. The number of aryl methyl sites for hydroxylation is 2. The first-order valence-electron chi connectivity index (χ1n) is 29.0. The molecule has 14 aromatic carbocycles. The minimum absolute atomic E-state index is 0.323. The number of benzene rings is 14. The van der Waals surface area contributed by atoms with E-state index in [1.807, 2.05) is 0 Å². The fraction of sp³-hybridized carbons (Fsp3) is 0.100. The van der Waals surface area contributed by atoms with Crippen molar-refractivity contribution in [2.24, 2.45) is 0 Å². The van der Waals surface area contributed by atoms with Gasteiger partial charge in [0.1, 0.15) is 0 Å². The van der Waals surface area contributed by atoms with Crippen LogP contribution in [0, 0.1) is 13.8 Å². The van der Waals surface area contributed by atoms with Crippen molar-refractivity contribution in [1.82, 2.24) is 0 Å². The molecule has 2 heteroatoms. The van der Waals surface area contributed by atoms with Crippen molar-refractivity contribution < 1.29 is 0 Å². The minimum Gasteiger partial charge on any atom is -0.308 e. The Bertz CT molecular complexity index is 4630. The molecule has 0 aliphatic heterocycles. The maximum atomic E-state index is 2.68. The summed E-state index contributed by atoms with van der Waals surface area (Å²) < 4.78 is 0. The summed E-state index contributed by atoms with van der Waals surface area (Å²) in [5.41, 5.74) is 24.3. The van der Waals surface area contributed by atoms with Gasteiger partial charge in [-0.25, -0.2) is 0 Å². The molecule has 0 saturated carbocycles. The van der Waals surface area contributed by atoms with E-state index in [1.165, 1.54) is 155 Å². The van der Waals surface area contributed by atoms with Crippen molar-refractivity contribution in [3.63, 3.8) is 0 Å². The van der Waals surface area contributed by atoms with Gasteiger partial charge in [-0.1, -0.05) is 270 Å². The Balaban J connectivity index is 1.04. The molecule has 82 heavy (non-hydrogen) atoms. The lowest BCUT2D eigenvalue weighted by atomic mass is 9.79. The van der Waals surface area contributed by atoms with Crippen LogP contribution in [0.1, 0.15) is 61.1 Å². The number of nitrogens with zero attached hydrogens (tertiary/aromatic N) is 2. The van der Waals surface area contributed by atoms with E-state index < -0.39 is 0 Å². The number of hydrogen-bond acceptors (Lipinski definition) is 2. The van der Waals surface area contributed by atoms with E-state index in [2.05, 4.69) is 306 Å². The monoisotopic (exact) mass is 1050 g/mol. The van der Waals surface area contributed by atoms with Crippen LogP contribution in [0.4, 0.5) is 34.1 Å². The molecule has 2 nitrogen and oxygen atoms in total. The van der Waals surface area contributed by atoms with Crippen molar-refractivity contribution in [3.8, 4) is 44.5 Å². The SMILES string of the molecule is Cc1ccc2ccccc2c1N(c1c(-c2ccccc2)ccc2c1C(C)(C)c1ccccc1-2)c1ccc2ccc3c(N(c4c(-c5ccccc5)ccc5c4C(C)(C)c4ccccc4-5)c4c(C)ccc5ccccc45)ccc4ccc1c2c43. The zero-order valence-electron chi connectivity index (χ0n) is 47.1. The molecule has 2 aliphatic rings. The summed E-state index contributed by atoms with van der Waals surface area (Å²) in [5, 5.41) is 12.2. The quantitative estimate of drug-likeness (QED) is 0.140. The van der Waals surface area contributed by atoms with E-state index >= 15 is 0 Å². The topological polar surface area (TPSA) is 6.48 Å². The van der Waals surface area contributed by atoms with Gasteiger partial charge in [0.05, 0.1) is 34.1 Å². The molecule has 0 bridgehead atoms. The molecule has 0 spiro atoms. The van der Waals surface area contributed by atoms with Gasteiger partial charge in [-0.2, -0.15) is 0 Å². The van der Waals surface area contributed by atoms with Crippen LogP contribution in [-0.2, 0) is 10.8 Å². The number of fused-ring (bicyclic) bond motifs is 8. The molecule has 0 heterocycles. The molecule has 0 radical (unpaired) electrons. The maximum absolute atomic E-state index is 2.68. The van der Waals surface area contributed by atoms with Gasteiger partial charge < -0.3 is 9.80 Å². The molecule has 0 aromatic heterocycles. The summed E-state index contributed by atoms with van der Waals surface area (Å²) in [4.78, 5) is 5.37. The first-order chi connectivity index (χ1) is 40.1. The maximum Gasteiger partial charge on any atom is 0.0587 e. The lowest BCUT2D eigenvalue weighted by Gasteiger charge is -2.37. The Kier molecular flexibility index (Phi) is 10.5. The lowest BCUT2D eigenvalue weighted by molar-refractivity contribution is 0.661. The Hall–Kier alpha value is -9.76. The second kappa shape index (κ2) is 17.9. The van der Waals surface area contributed by atoms with Crippen molar-refractivity contribution in [3.05, 3.63) is 288 Å². The van der Waals surface area contributed by atoms with Crippen LogP contribution in [0.15, 0.2) is 255 Å². The standard InChI is InChI=1S/C80H60N2/c1-49-33-35-53-25-13-15-27-57(53)75(49)81(77-59(51-21-9-7-10-22-51)43-45-63-61-29-17-19-31-67(61)79(3,4)73(63)77)69-47-39-55-38-42-66-70(48-40-56-37-41-65(69)71(55)72(56)66)82(76-50(2)34-36-54-26-14-16-28-58(54)76)78-60(52-23-11-8-12-24-52)44-46-64-62-30-18-20-32-68(62)80(5,6)74(64)78/h7-48H,1-6H3. The predicted molar refractivity (Wildman–Crippen MR) is 350 cm³/mol. The minimum atomic E-state index is -0.323.